The topological polar surface area (TPSA) is 83.7 Å². The number of hydrogen-bond acceptors (Lipinski definition) is 5. The van der Waals surface area contributed by atoms with E-state index in [1.54, 1.807) is 0 Å². The van der Waals surface area contributed by atoms with E-state index in [4.69, 9.17) is 5.11 Å². The fraction of sp³-hybridized carbons (Fsp3) is 0.417. The third-order valence-corrected chi connectivity index (χ3v) is 4.40. The molecule has 0 amide bonds. The first-order chi connectivity index (χ1) is 9.00. The quantitative estimate of drug-likeness (QED) is 0.673. The van der Waals surface area contributed by atoms with Crippen LogP contribution in [0.15, 0.2) is 18.2 Å². The van der Waals surface area contributed by atoms with Gasteiger partial charge in [0, 0.05) is 24.9 Å². The van der Waals surface area contributed by atoms with Crippen molar-refractivity contribution in [1.82, 2.24) is 0 Å². The maximum Gasteiger partial charge on any atom is 0.335 e. The highest BCUT2D eigenvalue weighted by molar-refractivity contribution is 7.99. The summed E-state index contributed by atoms with van der Waals surface area (Å²) in [5, 5.41) is 20.0. The Balaban J connectivity index is 2.38. The van der Waals surface area contributed by atoms with E-state index < -0.39 is 10.9 Å². The maximum absolute atomic E-state index is 11.1. The zero-order chi connectivity index (χ0) is 14.0. The number of thioether (sulfide) groups is 1. The molecule has 1 aliphatic heterocycles. The van der Waals surface area contributed by atoms with Crippen LogP contribution in [0.3, 0.4) is 0 Å². The number of aromatic carboxylic acids is 1. The smallest absolute Gasteiger partial charge is 0.335 e. The van der Waals surface area contributed by atoms with Crippen LogP contribution in [0.1, 0.15) is 16.8 Å². The number of nitro groups is 1. The minimum atomic E-state index is -1.16. The SMILES string of the molecule is CN(c1ccc(C(=O)O)cc1[N+](=O)[O-])C1CCSC1. The number of nitro benzene ring substituents is 1. The largest absolute Gasteiger partial charge is 0.478 e. The fourth-order valence-electron chi connectivity index (χ4n) is 2.13. The predicted molar refractivity (Wildman–Crippen MR) is 74.2 cm³/mol. The molecule has 0 radical (unpaired) electrons. The molecule has 0 aromatic heterocycles. The van der Waals surface area contributed by atoms with Crippen molar-refractivity contribution in [1.29, 1.82) is 0 Å². The van der Waals surface area contributed by atoms with Crippen LogP contribution >= 0.6 is 11.8 Å². The Hall–Kier alpha value is -1.76. The lowest BCUT2D eigenvalue weighted by atomic mass is 10.1. The lowest BCUT2D eigenvalue weighted by molar-refractivity contribution is -0.384. The molecule has 1 heterocycles. The minimum absolute atomic E-state index is 0.0651. The Morgan fingerprint density at radius 1 is 1.58 bits per heavy atom. The summed E-state index contributed by atoms with van der Waals surface area (Å²) >= 11 is 1.82. The second-order valence-electron chi connectivity index (χ2n) is 4.39. The Kier molecular flexibility index (Phi) is 3.94. The molecule has 0 spiro atoms. The molecule has 6 nitrogen and oxygen atoms in total. The third kappa shape index (κ3) is 2.81. The van der Waals surface area contributed by atoms with Gasteiger partial charge in [-0.2, -0.15) is 11.8 Å². The molecule has 2 rings (SSSR count). The second-order valence-corrected chi connectivity index (χ2v) is 5.54. The van der Waals surface area contributed by atoms with E-state index in [1.807, 2.05) is 23.7 Å². The van der Waals surface area contributed by atoms with Crippen molar-refractivity contribution in [3.63, 3.8) is 0 Å². The summed E-state index contributed by atoms with van der Waals surface area (Å²) in [6.07, 6.45) is 0.985. The number of carboxylic acids is 1. The van der Waals surface area contributed by atoms with Crippen LogP contribution in [0.25, 0.3) is 0 Å². The zero-order valence-corrected chi connectivity index (χ0v) is 11.2. The van der Waals surface area contributed by atoms with Gasteiger partial charge in [-0.25, -0.2) is 4.79 Å². The van der Waals surface area contributed by atoms with Gasteiger partial charge in [0.05, 0.1) is 10.5 Å². The van der Waals surface area contributed by atoms with E-state index in [9.17, 15) is 14.9 Å². The predicted octanol–water partition coefficient (Wildman–Crippen LogP) is 2.23. The summed E-state index contributed by atoms with van der Waals surface area (Å²) in [6.45, 7) is 0. The van der Waals surface area contributed by atoms with Gasteiger partial charge in [-0.05, 0) is 24.3 Å². The van der Waals surface area contributed by atoms with E-state index in [0.717, 1.165) is 24.0 Å². The van der Waals surface area contributed by atoms with Crippen LogP contribution in [0.5, 0.6) is 0 Å². The molecule has 0 saturated carbocycles. The van der Waals surface area contributed by atoms with Crippen LogP contribution in [0, 0.1) is 10.1 Å². The lowest BCUT2D eigenvalue weighted by Crippen LogP contribution is -2.31. The van der Waals surface area contributed by atoms with Gasteiger partial charge in [-0.15, -0.1) is 0 Å². The van der Waals surface area contributed by atoms with Crippen molar-refractivity contribution in [2.75, 3.05) is 23.5 Å². The first-order valence-electron chi connectivity index (χ1n) is 5.83. The molecule has 102 valence electrons. The molecule has 1 N–H and O–H groups in total. The molecule has 7 heteroatoms. The average molecular weight is 282 g/mol. The molecule has 1 fully saturated rings. The highest BCUT2D eigenvalue weighted by Gasteiger charge is 2.26. The van der Waals surface area contributed by atoms with Gasteiger partial charge < -0.3 is 10.0 Å². The molecule has 1 aliphatic rings. The van der Waals surface area contributed by atoms with E-state index in [1.165, 1.54) is 12.1 Å². The normalized spacial score (nSPS) is 18.3. The summed E-state index contributed by atoms with van der Waals surface area (Å²) in [6, 6.07) is 4.31. The maximum atomic E-state index is 11.1. The highest BCUT2D eigenvalue weighted by atomic mass is 32.2. The summed E-state index contributed by atoms with van der Waals surface area (Å²) in [5.41, 5.74) is 0.256. The van der Waals surface area contributed by atoms with Gasteiger partial charge in [0.2, 0.25) is 0 Å². The van der Waals surface area contributed by atoms with E-state index >= 15 is 0 Å². The number of anilines is 1. The molecule has 1 aromatic carbocycles. The van der Waals surface area contributed by atoms with E-state index in [2.05, 4.69) is 0 Å². The molecule has 1 atom stereocenters. The van der Waals surface area contributed by atoms with Crippen molar-refractivity contribution in [2.45, 2.75) is 12.5 Å². The second kappa shape index (κ2) is 5.48. The number of nitrogens with zero attached hydrogens (tertiary/aromatic N) is 2. The Morgan fingerprint density at radius 3 is 2.84 bits per heavy atom. The van der Waals surface area contributed by atoms with Gasteiger partial charge in [0.1, 0.15) is 5.69 Å². The minimum Gasteiger partial charge on any atom is -0.478 e. The van der Waals surface area contributed by atoms with Crippen molar-refractivity contribution < 1.29 is 14.8 Å². The zero-order valence-electron chi connectivity index (χ0n) is 10.4. The van der Waals surface area contributed by atoms with Gasteiger partial charge in [-0.1, -0.05) is 0 Å². The average Bonchev–Trinajstić information content (AvgIpc) is 2.90. The molecular formula is C12H14N2O4S. The number of hydrogen-bond donors (Lipinski definition) is 1. The van der Waals surface area contributed by atoms with Crippen LogP contribution in [0.2, 0.25) is 0 Å². The Labute approximate surface area is 114 Å². The first-order valence-corrected chi connectivity index (χ1v) is 6.98. The van der Waals surface area contributed by atoms with Gasteiger partial charge in [0.25, 0.3) is 5.69 Å². The van der Waals surface area contributed by atoms with Crippen LogP contribution in [0.4, 0.5) is 11.4 Å². The summed E-state index contributed by atoms with van der Waals surface area (Å²) < 4.78 is 0. The van der Waals surface area contributed by atoms with Crippen molar-refractivity contribution in [3.05, 3.63) is 33.9 Å². The molecule has 19 heavy (non-hydrogen) atoms. The number of carbonyl (C=O) groups is 1. The van der Waals surface area contributed by atoms with Crippen molar-refractivity contribution in [3.8, 4) is 0 Å². The monoisotopic (exact) mass is 282 g/mol. The van der Waals surface area contributed by atoms with Crippen LogP contribution in [-0.4, -0.2) is 40.6 Å². The molecule has 0 aliphatic carbocycles. The van der Waals surface area contributed by atoms with Crippen molar-refractivity contribution in [2.24, 2.45) is 0 Å². The number of rotatable bonds is 4. The number of carboxylic acid groups (broad SMARTS) is 1. The van der Waals surface area contributed by atoms with Gasteiger partial charge >= 0.3 is 5.97 Å². The standard InChI is InChI=1S/C12H14N2O4S/c1-13(9-4-5-19-7-9)10-3-2-8(12(15)16)6-11(10)14(17)18/h2-3,6,9H,4-5,7H2,1H3,(H,15,16). The Bertz CT molecular complexity index is 514. The molecular weight excluding hydrogens is 268 g/mol. The van der Waals surface area contributed by atoms with Crippen LogP contribution < -0.4 is 4.90 Å². The summed E-state index contributed by atoms with van der Waals surface area (Å²) in [4.78, 5) is 23.3. The van der Waals surface area contributed by atoms with E-state index in [-0.39, 0.29) is 17.3 Å². The van der Waals surface area contributed by atoms with Gasteiger partial charge in [-0.3, -0.25) is 10.1 Å². The summed E-state index contributed by atoms with van der Waals surface area (Å²) in [5.74, 6) is 0.832. The number of benzene rings is 1. The first kappa shape index (κ1) is 13.7. The fourth-order valence-corrected chi connectivity index (χ4v) is 3.39. The van der Waals surface area contributed by atoms with Crippen molar-refractivity contribution >= 4 is 29.1 Å². The van der Waals surface area contributed by atoms with Gasteiger partial charge in [0.15, 0.2) is 0 Å². The Morgan fingerprint density at radius 2 is 2.32 bits per heavy atom. The molecule has 1 saturated heterocycles. The summed E-state index contributed by atoms with van der Waals surface area (Å²) in [7, 11) is 1.82. The molecule has 1 aromatic rings. The third-order valence-electron chi connectivity index (χ3n) is 3.25. The molecule has 0 bridgehead atoms. The van der Waals surface area contributed by atoms with E-state index in [0.29, 0.717) is 5.69 Å². The lowest BCUT2D eigenvalue weighted by Gasteiger charge is -2.25. The molecule has 1 unspecified atom stereocenters. The highest BCUT2D eigenvalue weighted by Crippen LogP contribution is 2.33. The van der Waals surface area contributed by atoms with Crippen LogP contribution in [-0.2, 0) is 0 Å².